The van der Waals surface area contributed by atoms with Crippen LogP contribution in [0.2, 0.25) is 0 Å². The van der Waals surface area contributed by atoms with Gasteiger partial charge in [-0.2, -0.15) is 13.2 Å². The quantitative estimate of drug-likeness (QED) is 0.0947. The second-order valence-electron chi connectivity index (χ2n) is 14.2. The van der Waals surface area contributed by atoms with E-state index in [9.17, 15) is 45.5 Å². The SMILES string of the molecule is CCCCCCC(C=NCCC(F)(F)F)C(=O)N1C[C@H](O[C@H](O)N2Cc3cccc(F)c3C2)C[C@H]1C(=O)N[C@]1(C(=O)NS(=O)(=O)C2CC2)C[C@H]1C. The Bertz CT molecular complexity index is 1590. The molecule has 2 saturated carbocycles. The Kier molecular flexibility index (Phi) is 12.1. The number of amides is 3. The Balaban J connectivity index is 1.34. The number of ether oxygens (including phenoxy) is 1. The second kappa shape index (κ2) is 15.8. The van der Waals surface area contributed by atoms with Gasteiger partial charge in [0.1, 0.15) is 17.4 Å². The van der Waals surface area contributed by atoms with Crippen LogP contribution in [0.3, 0.4) is 0 Å². The van der Waals surface area contributed by atoms with Crippen LogP contribution in [0, 0.1) is 17.7 Å². The highest BCUT2D eigenvalue weighted by atomic mass is 32.2. The van der Waals surface area contributed by atoms with E-state index in [2.05, 4.69) is 15.0 Å². The number of nitrogens with zero attached hydrogens (tertiary/aromatic N) is 3. The van der Waals surface area contributed by atoms with Gasteiger partial charge >= 0.3 is 6.18 Å². The third kappa shape index (κ3) is 9.64. The summed E-state index contributed by atoms with van der Waals surface area (Å²) in [5.41, 5.74) is -0.419. The third-order valence-electron chi connectivity index (χ3n) is 10.2. The van der Waals surface area contributed by atoms with E-state index in [4.69, 9.17) is 4.74 Å². The minimum absolute atomic E-state index is 0.0654. The molecular formula is C34H47F4N5O7S. The van der Waals surface area contributed by atoms with E-state index in [1.54, 1.807) is 19.1 Å². The highest BCUT2D eigenvalue weighted by molar-refractivity contribution is 7.91. The molecule has 3 amide bonds. The molecule has 0 spiro atoms. The lowest BCUT2D eigenvalue weighted by Gasteiger charge is -2.29. The topological polar surface area (TPSA) is 158 Å². The number of aliphatic imine (C=N–C) groups is 1. The lowest BCUT2D eigenvalue weighted by molar-refractivity contribution is -0.218. The average molecular weight is 746 g/mol. The fraction of sp³-hybridized carbons (Fsp3) is 0.706. The number of fused-ring (bicyclic) bond motifs is 1. The smallest absolute Gasteiger partial charge is 0.356 e. The molecule has 0 radical (unpaired) electrons. The monoisotopic (exact) mass is 745 g/mol. The molecule has 5 rings (SSSR count). The number of benzene rings is 1. The van der Waals surface area contributed by atoms with Crippen LogP contribution in [0.1, 0.15) is 89.2 Å². The normalized spacial score (nSPS) is 26.3. The molecule has 3 fully saturated rings. The lowest BCUT2D eigenvalue weighted by Crippen LogP contribution is -2.57. The number of rotatable bonds is 17. The lowest BCUT2D eigenvalue weighted by atomic mass is 9.99. The predicted molar refractivity (Wildman–Crippen MR) is 178 cm³/mol. The van der Waals surface area contributed by atoms with Crippen LogP contribution in [0.25, 0.3) is 0 Å². The predicted octanol–water partition coefficient (Wildman–Crippen LogP) is 3.52. The first-order chi connectivity index (χ1) is 24.0. The van der Waals surface area contributed by atoms with Crippen LogP contribution in [-0.4, -0.2) is 95.9 Å². The molecule has 12 nitrogen and oxygen atoms in total. The van der Waals surface area contributed by atoms with Crippen molar-refractivity contribution >= 4 is 34.0 Å². The fourth-order valence-corrected chi connectivity index (χ4v) is 8.19. The molecule has 1 aromatic carbocycles. The maximum Gasteiger partial charge on any atom is 0.390 e. The number of hydrogen-bond donors (Lipinski definition) is 3. The van der Waals surface area contributed by atoms with E-state index in [1.807, 2.05) is 6.92 Å². The first-order valence-corrected chi connectivity index (χ1v) is 19.2. The molecule has 2 aliphatic heterocycles. The summed E-state index contributed by atoms with van der Waals surface area (Å²) < 4.78 is 85.9. The van der Waals surface area contributed by atoms with Crippen LogP contribution in [0.5, 0.6) is 0 Å². The molecule has 17 heteroatoms. The van der Waals surface area contributed by atoms with Crippen molar-refractivity contribution in [2.45, 2.75) is 127 Å². The van der Waals surface area contributed by atoms with Gasteiger partial charge in [-0.05, 0) is 43.2 Å². The molecule has 6 atom stereocenters. The average Bonchev–Trinajstić information content (AvgIpc) is 3.92. The van der Waals surface area contributed by atoms with Crippen molar-refractivity contribution in [3.8, 4) is 0 Å². The first-order valence-electron chi connectivity index (χ1n) is 17.6. The number of nitrogens with one attached hydrogen (secondary N) is 2. The van der Waals surface area contributed by atoms with Gasteiger partial charge in [0.25, 0.3) is 5.91 Å². The molecule has 1 saturated heterocycles. The highest BCUT2D eigenvalue weighted by Crippen LogP contribution is 2.44. The summed E-state index contributed by atoms with van der Waals surface area (Å²) in [5.74, 6) is -3.94. The Morgan fingerprint density at radius 2 is 1.90 bits per heavy atom. The van der Waals surface area contributed by atoms with Gasteiger partial charge in [0.05, 0.1) is 23.7 Å². The maximum absolute atomic E-state index is 14.4. The molecule has 3 N–H and O–H groups in total. The van der Waals surface area contributed by atoms with Crippen molar-refractivity contribution in [2.75, 3.05) is 13.1 Å². The number of aliphatic hydroxyl groups is 1. The zero-order valence-corrected chi connectivity index (χ0v) is 29.6. The zero-order valence-electron chi connectivity index (χ0n) is 28.8. The molecule has 1 aromatic rings. The molecule has 284 valence electrons. The molecule has 1 unspecified atom stereocenters. The summed E-state index contributed by atoms with van der Waals surface area (Å²) in [4.78, 5) is 48.0. The van der Waals surface area contributed by atoms with Crippen molar-refractivity contribution in [3.63, 3.8) is 0 Å². The van der Waals surface area contributed by atoms with E-state index in [0.29, 0.717) is 30.4 Å². The molecule has 0 aromatic heterocycles. The number of hydrogen-bond acceptors (Lipinski definition) is 9. The van der Waals surface area contributed by atoms with Gasteiger partial charge in [0.2, 0.25) is 28.3 Å². The van der Waals surface area contributed by atoms with E-state index in [0.717, 1.165) is 19.3 Å². The fourth-order valence-electron chi connectivity index (χ4n) is 6.82. The van der Waals surface area contributed by atoms with Crippen molar-refractivity contribution < 1.29 is 50.2 Å². The van der Waals surface area contributed by atoms with E-state index in [1.165, 1.54) is 22.1 Å². The van der Waals surface area contributed by atoms with Crippen LogP contribution < -0.4 is 10.0 Å². The van der Waals surface area contributed by atoms with Gasteiger partial charge in [-0.15, -0.1) is 0 Å². The van der Waals surface area contributed by atoms with Gasteiger partial charge in [0.15, 0.2) is 0 Å². The summed E-state index contributed by atoms with van der Waals surface area (Å²) >= 11 is 0. The number of aliphatic hydroxyl groups excluding tert-OH is 1. The van der Waals surface area contributed by atoms with Crippen molar-refractivity contribution in [2.24, 2.45) is 16.8 Å². The zero-order chi connectivity index (χ0) is 37.1. The number of halogens is 4. The van der Waals surface area contributed by atoms with Crippen LogP contribution >= 0.6 is 0 Å². The summed E-state index contributed by atoms with van der Waals surface area (Å²) in [7, 11) is -3.91. The number of alkyl halides is 3. The Morgan fingerprint density at radius 1 is 1.18 bits per heavy atom. The highest BCUT2D eigenvalue weighted by Gasteiger charge is 2.61. The Morgan fingerprint density at radius 3 is 2.53 bits per heavy atom. The van der Waals surface area contributed by atoms with Gasteiger partial charge in [-0.3, -0.25) is 24.1 Å². The molecule has 0 bridgehead atoms. The standard InChI is InChI=1S/C34H47F4N5O7S/c1-3-4-5-6-8-22(17-39-14-13-34(36,37)38)30(45)43-19-24(50-32(47)42-18-23-9-7-10-27(35)26(23)20-42)15-28(43)29(44)40-33(16-21(33)2)31(46)41-51(48,49)25-11-12-25/h7,9-10,17,21-22,24-25,28,32,47H,3-6,8,11-16,18-20H2,1-2H3,(H,40,44)(H,41,46)/t21-,22?,24-,28+,32+,33-/m1/s1. The van der Waals surface area contributed by atoms with Crippen LogP contribution in [-0.2, 0) is 42.2 Å². The summed E-state index contributed by atoms with van der Waals surface area (Å²) in [6.07, 6.45) is -2.45. The van der Waals surface area contributed by atoms with Crippen molar-refractivity contribution in [1.82, 2.24) is 19.8 Å². The largest absolute Gasteiger partial charge is 0.390 e. The first kappa shape index (κ1) is 39.1. The minimum Gasteiger partial charge on any atom is -0.356 e. The summed E-state index contributed by atoms with van der Waals surface area (Å²) in [6.45, 7) is 3.22. The number of sulfonamides is 1. The van der Waals surface area contributed by atoms with E-state index < -0.39 is 93.9 Å². The van der Waals surface area contributed by atoms with Crippen LogP contribution in [0.4, 0.5) is 17.6 Å². The number of carbonyl (C=O) groups is 3. The third-order valence-corrected chi connectivity index (χ3v) is 12.0. The molecule has 51 heavy (non-hydrogen) atoms. The van der Waals surface area contributed by atoms with Gasteiger partial charge in [-0.1, -0.05) is 51.7 Å². The van der Waals surface area contributed by atoms with Gasteiger partial charge < -0.3 is 20.1 Å². The number of carbonyl (C=O) groups excluding carboxylic acids is 3. The molecule has 4 aliphatic rings. The molecule has 2 heterocycles. The molecular weight excluding hydrogens is 698 g/mol. The second-order valence-corrected chi connectivity index (χ2v) is 16.2. The minimum atomic E-state index is -4.43. The van der Waals surface area contributed by atoms with E-state index >= 15 is 0 Å². The van der Waals surface area contributed by atoms with Crippen molar-refractivity contribution in [1.29, 1.82) is 0 Å². The summed E-state index contributed by atoms with van der Waals surface area (Å²) in [6, 6.07) is 3.40. The number of unbranched alkanes of at least 4 members (excludes halogenated alkanes) is 3. The Labute approximate surface area is 295 Å². The van der Waals surface area contributed by atoms with Gasteiger partial charge in [-0.25, -0.2) is 17.7 Å². The van der Waals surface area contributed by atoms with Crippen LogP contribution in [0.15, 0.2) is 23.2 Å². The van der Waals surface area contributed by atoms with Gasteiger partial charge in [0, 0.05) is 44.4 Å². The Hall–Kier alpha value is -3.15. The molecule has 2 aliphatic carbocycles. The number of likely N-dealkylation sites (tertiary alicyclic amines) is 1. The van der Waals surface area contributed by atoms with E-state index in [-0.39, 0.29) is 38.9 Å². The van der Waals surface area contributed by atoms with Crippen molar-refractivity contribution in [3.05, 3.63) is 35.1 Å². The maximum atomic E-state index is 14.4. The summed E-state index contributed by atoms with van der Waals surface area (Å²) in [5, 5.41) is 13.1.